The number of benzene rings is 1. The number of hydrogen-bond acceptors (Lipinski definition) is 2. The van der Waals surface area contributed by atoms with Gasteiger partial charge in [0.2, 0.25) is 0 Å². The second-order valence-corrected chi connectivity index (χ2v) is 6.07. The Morgan fingerprint density at radius 1 is 1.20 bits per heavy atom. The van der Waals surface area contributed by atoms with Crippen molar-refractivity contribution in [3.63, 3.8) is 0 Å². The van der Waals surface area contributed by atoms with E-state index in [0.29, 0.717) is 12.0 Å². The van der Waals surface area contributed by atoms with Crippen LogP contribution < -0.4 is 5.32 Å². The zero-order chi connectivity index (χ0) is 14.7. The molecular formula is C16H22ClN3. The molecule has 0 saturated heterocycles. The standard InChI is InChI=1S/C16H22ClN3/c1-11(2)15-7-8-20(19-15)16-6-5-13(9-14(16)17)10-18-12(3)4/h5-9,11-12,18H,10H2,1-4H3. The molecule has 0 aliphatic heterocycles. The van der Waals surface area contributed by atoms with Crippen LogP contribution in [-0.4, -0.2) is 15.8 Å². The van der Waals surface area contributed by atoms with Crippen molar-refractivity contribution in [2.45, 2.75) is 46.2 Å². The number of halogens is 1. The van der Waals surface area contributed by atoms with Crippen LogP contribution in [0, 0.1) is 0 Å². The van der Waals surface area contributed by atoms with Crippen molar-refractivity contribution in [3.8, 4) is 5.69 Å². The average Bonchev–Trinajstić information content (AvgIpc) is 2.86. The first kappa shape index (κ1) is 15.1. The van der Waals surface area contributed by atoms with Gasteiger partial charge < -0.3 is 5.32 Å². The first-order valence-corrected chi connectivity index (χ1v) is 7.43. The molecule has 1 heterocycles. The number of aromatic nitrogens is 2. The van der Waals surface area contributed by atoms with Crippen molar-refractivity contribution in [2.24, 2.45) is 0 Å². The van der Waals surface area contributed by atoms with E-state index in [4.69, 9.17) is 11.6 Å². The molecule has 20 heavy (non-hydrogen) atoms. The Kier molecular flexibility index (Phi) is 4.84. The summed E-state index contributed by atoms with van der Waals surface area (Å²) in [6, 6.07) is 8.62. The van der Waals surface area contributed by atoms with Crippen molar-refractivity contribution in [1.82, 2.24) is 15.1 Å². The van der Waals surface area contributed by atoms with Gasteiger partial charge in [0.05, 0.1) is 16.4 Å². The minimum atomic E-state index is 0.421. The second-order valence-electron chi connectivity index (χ2n) is 5.66. The lowest BCUT2D eigenvalue weighted by Crippen LogP contribution is -2.21. The van der Waals surface area contributed by atoms with Crippen molar-refractivity contribution in [2.75, 3.05) is 0 Å². The molecule has 1 aromatic carbocycles. The number of rotatable bonds is 5. The summed E-state index contributed by atoms with van der Waals surface area (Å²) in [4.78, 5) is 0. The molecule has 0 atom stereocenters. The smallest absolute Gasteiger partial charge is 0.0832 e. The summed E-state index contributed by atoms with van der Waals surface area (Å²) >= 11 is 6.38. The van der Waals surface area contributed by atoms with Crippen LogP contribution in [0.5, 0.6) is 0 Å². The molecule has 1 N–H and O–H groups in total. The van der Waals surface area contributed by atoms with Crippen molar-refractivity contribution in [3.05, 3.63) is 46.7 Å². The minimum absolute atomic E-state index is 0.421. The van der Waals surface area contributed by atoms with E-state index in [-0.39, 0.29) is 0 Å². The van der Waals surface area contributed by atoms with Gasteiger partial charge in [0.15, 0.2) is 0 Å². The Morgan fingerprint density at radius 3 is 2.50 bits per heavy atom. The monoisotopic (exact) mass is 291 g/mol. The van der Waals surface area contributed by atoms with E-state index >= 15 is 0 Å². The molecule has 0 unspecified atom stereocenters. The number of nitrogens with one attached hydrogen (secondary N) is 1. The Hall–Kier alpha value is -1.32. The van der Waals surface area contributed by atoms with Crippen LogP contribution in [0.25, 0.3) is 5.69 Å². The molecular weight excluding hydrogens is 270 g/mol. The van der Waals surface area contributed by atoms with Gasteiger partial charge in [0.1, 0.15) is 0 Å². The van der Waals surface area contributed by atoms with Gasteiger partial charge in [-0.25, -0.2) is 4.68 Å². The molecule has 1 aromatic heterocycles. The quantitative estimate of drug-likeness (QED) is 0.897. The van der Waals surface area contributed by atoms with E-state index < -0.39 is 0 Å². The molecule has 4 heteroatoms. The third kappa shape index (κ3) is 3.62. The highest BCUT2D eigenvalue weighted by molar-refractivity contribution is 6.32. The van der Waals surface area contributed by atoms with Gasteiger partial charge >= 0.3 is 0 Å². The Balaban J connectivity index is 2.20. The zero-order valence-electron chi connectivity index (χ0n) is 12.5. The molecule has 0 fully saturated rings. The molecule has 2 aromatic rings. The van der Waals surface area contributed by atoms with E-state index in [1.807, 2.05) is 29.1 Å². The van der Waals surface area contributed by atoms with E-state index in [1.165, 1.54) is 5.56 Å². The van der Waals surface area contributed by atoms with Crippen LogP contribution in [-0.2, 0) is 6.54 Å². The summed E-state index contributed by atoms with van der Waals surface area (Å²) in [5.41, 5.74) is 3.18. The molecule has 0 aliphatic rings. The van der Waals surface area contributed by atoms with E-state index in [0.717, 1.165) is 22.9 Å². The summed E-state index contributed by atoms with van der Waals surface area (Å²) in [5.74, 6) is 0.421. The molecule has 0 amide bonds. The number of hydrogen-bond donors (Lipinski definition) is 1. The summed E-state index contributed by atoms with van der Waals surface area (Å²) in [6.45, 7) is 9.36. The lowest BCUT2D eigenvalue weighted by atomic mass is 10.1. The molecule has 3 nitrogen and oxygen atoms in total. The maximum absolute atomic E-state index is 6.38. The Labute approximate surface area is 126 Å². The highest BCUT2D eigenvalue weighted by Crippen LogP contribution is 2.23. The molecule has 0 spiro atoms. The Bertz CT molecular complexity index is 573. The van der Waals surface area contributed by atoms with E-state index in [9.17, 15) is 0 Å². The van der Waals surface area contributed by atoms with Gasteiger partial charge in [0.25, 0.3) is 0 Å². The van der Waals surface area contributed by atoms with Crippen molar-refractivity contribution >= 4 is 11.6 Å². The zero-order valence-corrected chi connectivity index (χ0v) is 13.3. The topological polar surface area (TPSA) is 29.9 Å². The van der Waals surface area contributed by atoms with Crippen LogP contribution in [0.3, 0.4) is 0 Å². The normalized spacial score (nSPS) is 11.6. The van der Waals surface area contributed by atoms with Gasteiger partial charge in [-0.2, -0.15) is 5.10 Å². The largest absolute Gasteiger partial charge is 0.310 e. The lowest BCUT2D eigenvalue weighted by Gasteiger charge is -2.10. The van der Waals surface area contributed by atoms with Crippen LogP contribution in [0.15, 0.2) is 30.5 Å². The fourth-order valence-electron chi connectivity index (χ4n) is 1.95. The summed E-state index contributed by atoms with van der Waals surface area (Å²) in [7, 11) is 0. The molecule has 0 bridgehead atoms. The molecule has 0 aliphatic carbocycles. The lowest BCUT2D eigenvalue weighted by molar-refractivity contribution is 0.589. The van der Waals surface area contributed by atoms with Gasteiger partial charge in [-0.05, 0) is 29.7 Å². The molecule has 2 rings (SSSR count). The van der Waals surface area contributed by atoms with Gasteiger partial charge in [0, 0.05) is 18.8 Å². The summed E-state index contributed by atoms with van der Waals surface area (Å²) < 4.78 is 1.84. The van der Waals surface area contributed by atoms with Gasteiger partial charge in [-0.15, -0.1) is 0 Å². The molecule has 108 valence electrons. The maximum atomic E-state index is 6.38. The van der Waals surface area contributed by atoms with E-state index in [2.05, 4.69) is 44.2 Å². The van der Waals surface area contributed by atoms with Gasteiger partial charge in [-0.1, -0.05) is 45.4 Å². The van der Waals surface area contributed by atoms with Crippen molar-refractivity contribution < 1.29 is 0 Å². The van der Waals surface area contributed by atoms with Gasteiger partial charge in [-0.3, -0.25) is 0 Å². The van der Waals surface area contributed by atoms with Crippen molar-refractivity contribution in [1.29, 1.82) is 0 Å². The second kappa shape index (κ2) is 6.42. The van der Waals surface area contributed by atoms with Crippen LogP contribution in [0.1, 0.15) is 44.9 Å². The van der Waals surface area contributed by atoms with Crippen LogP contribution in [0.2, 0.25) is 5.02 Å². The summed E-state index contributed by atoms with van der Waals surface area (Å²) in [6.07, 6.45) is 1.96. The fourth-order valence-corrected chi connectivity index (χ4v) is 2.24. The minimum Gasteiger partial charge on any atom is -0.310 e. The molecule has 0 radical (unpaired) electrons. The fraction of sp³-hybridized carbons (Fsp3) is 0.438. The highest BCUT2D eigenvalue weighted by Gasteiger charge is 2.08. The highest BCUT2D eigenvalue weighted by atomic mass is 35.5. The van der Waals surface area contributed by atoms with Crippen LogP contribution in [0.4, 0.5) is 0 Å². The first-order chi connectivity index (χ1) is 9.47. The number of nitrogens with zero attached hydrogens (tertiary/aromatic N) is 2. The van der Waals surface area contributed by atoms with Crippen LogP contribution >= 0.6 is 11.6 Å². The predicted octanol–water partition coefficient (Wildman–Crippen LogP) is 4.15. The summed E-state index contributed by atoms with van der Waals surface area (Å²) in [5, 5.41) is 8.68. The maximum Gasteiger partial charge on any atom is 0.0832 e. The van der Waals surface area contributed by atoms with E-state index in [1.54, 1.807) is 0 Å². The average molecular weight is 292 g/mol. The Morgan fingerprint density at radius 2 is 1.95 bits per heavy atom. The predicted molar refractivity (Wildman–Crippen MR) is 84.6 cm³/mol. The first-order valence-electron chi connectivity index (χ1n) is 7.05. The third-order valence-electron chi connectivity index (χ3n) is 3.17. The third-order valence-corrected chi connectivity index (χ3v) is 3.48. The molecule has 0 saturated carbocycles. The SMILES string of the molecule is CC(C)NCc1ccc(-n2ccc(C(C)C)n2)c(Cl)c1.